The van der Waals surface area contributed by atoms with Gasteiger partial charge in [-0.2, -0.15) is 0 Å². The molecule has 6 heteroatoms. The van der Waals surface area contributed by atoms with E-state index in [-0.39, 0.29) is 18.1 Å². The number of nitrogens with one attached hydrogen (secondary N) is 1. The van der Waals surface area contributed by atoms with Gasteiger partial charge in [0, 0.05) is 24.6 Å². The van der Waals surface area contributed by atoms with Gasteiger partial charge in [0.25, 0.3) is 5.91 Å². The molecule has 0 unspecified atom stereocenters. The highest BCUT2D eigenvalue weighted by atomic mass is 32.1. The molecular weight excluding hydrogens is 250 g/mol. The molecule has 5 nitrogen and oxygen atoms in total. The van der Waals surface area contributed by atoms with Gasteiger partial charge in [0.05, 0.1) is 17.7 Å². The molecule has 3 rings (SSSR count). The number of amides is 1. The fourth-order valence-corrected chi connectivity index (χ4v) is 3.42. The van der Waals surface area contributed by atoms with Crippen molar-refractivity contribution >= 4 is 17.2 Å². The van der Waals surface area contributed by atoms with Crippen LogP contribution < -0.4 is 5.32 Å². The van der Waals surface area contributed by atoms with Crippen molar-refractivity contribution in [1.82, 2.24) is 15.2 Å². The molecular formula is C12H17N3O2S. The largest absolute Gasteiger partial charge is 0.374 e. The van der Waals surface area contributed by atoms with Crippen LogP contribution in [0.4, 0.5) is 0 Å². The van der Waals surface area contributed by atoms with Crippen molar-refractivity contribution in [2.75, 3.05) is 20.2 Å². The minimum absolute atomic E-state index is 0.0782. The Morgan fingerprint density at radius 3 is 3.33 bits per heavy atom. The van der Waals surface area contributed by atoms with Crippen molar-refractivity contribution in [1.29, 1.82) is 0 Å². The van der Waals surface area contributed by atoms with E-state index in [0.29, 0.717) is 11.7 Å². The predicted octanol–water partition coefficient (Wildman–Crippen LogP) is 0.734. The predicted molar refractivity (Wildman–Crippen MR) is 68.8 cm³/mol. The molecule has 0 aromatic carbocycles. The molecule has 0 aliphatic carbocycles. The van der Waals surface area contributed by atoms with Crippen LogP contribution in [0.3, 0.4) is 0 Å². The Labute approximate surface area is 110 Å². The summed E-state index contributed by atoms with van der Waals surface area (Å²) in [6.45, 7) is 1.66. The third kappa shape index (κ3) is 2.15. The second kappa shape index (κ2) is 4.95. The van der Waals surface area contributed by atoms with Gasteiger partial charge in [-0.3, -0.25) is 9.69 Å². The molecule has 0 bridgehead atoms. The first kappa shape index (κ1) is 12.1. The third-order valence-corrected chi connectivity index (χ3v) is 4.35. The van der Waals surface area contributed by atoms with Crippen LogP contribution in [-0.4, -0.2) is 54.2 Å². The Balaban J connectivity index is 1.68. The third-order valence-electron chi connectivity index (χ3n) is 3.76. The van der Waals surface area contributed by atoms with Crippen LogP contribution in [0.15, 0.2) is 10.9 Å². The molecule has 2 aliphatic rings. The lowest BCUT2D eigenvalue weighted by atomic mass is 10.0. The minimum Gasteiger partial charge on any atom is -0.374 e. The number of hydrogen-bond acceptors (Lipinski definition) is 5. The highest BCUT2D eigenvalue weighted by molar-refractivity contribution is 7.07. The van der Waals surface area contributed by atoms with Crippen molar-refractivity contribution in [2.24, 2.45) is 0 Å². The molecule has 0 spiro atoms. The zero-order valence-electron chi connectivity index (χ0n) is 10.3. The molecule has 0 saturated carbocycles. The molecule has 1 aromatic rings. The topological polar surface area (TPSA) is 54.5 Å². The Hall–Kier alpha value is -0.980. The zero-order valence-corrected chi connectivity index (χ0v) is 11.2. The van der Waals surface area contributed by atoms with E-state index in [1.165, 1.54) is 11.3 Å². The summed E-state index contributed by atoms with van der Waals surface area (Å²) in [6, 6.07) is 0.522. The molecule has 18 heavy (non-hydrogen) atoms. The quantitative estimate of drug-likeness (QED) is 0.858. The van der Waals surface area contributed by atoms with Gasteiger partial charge >= 0.3 is 0 Å². The number of carbonyl (C=O) groups is 1. The van der Waals surface area contributed by atoms with Gasteiger partial charge in [0.2, 0.25) is 0 Å². The van der Waals surface area contributed by atoms with Gasteiger partial charge < -0.3 is 10.1 Å². The maximum Gasteiger partial charge on any atom is 0.271 e. The Bertz CT molecular complexity index is 423. The van der Waals surface area contributed by atoms with Crippen LogP contribution >= 0.6 is 11.3 Å². The van der Waals surface area contributed by atoms with Gasteiger partial charge in [-0.05, 0) is 19.9 Å². The van der Waals surface area contributed by atoms with Crippen LogP contribution in [0.25, 0.3) is 0 Å². The number of hydrogen-bond donors (Lipinski definition) is 1. The smallest absolute Gasteiger partial charge is 0.271 e. The van der Waals surface area contributed by atoms with Gasteiger partial charge in [-0.1, -0.05) is 0 Å². The van der Waals surface area contributed by atoms with E-state index in [4.69, 9.17) is 4.74 Å². The van der Waals surface area contributed by atoms with Crippen molar-refractivity contribution in [3.63, 3.8) is 0 Å². The first-order valence-electron chi connectivity index (χ1n) is 6.26. The van der Waals surface area contributed by atoms with Crippen LogP contribution in [0, 0.1) is 0 Å². The van der Waals surface area contributed by atoms with Crippen LogP contribution in [0.5, 0.6) is 0 Å². The fourth-order valence-electron chi connectivity index (χ4n) is 2.89. The number of likely N-dealkylation sites (tertiary alicyclic amines) is 1. The number of likely N-dealkylation sites (N-methyl/N-ethyl adjacent to an activating group) is 1. The molecule has 1 N–H and O–H groups in total. The average molecular weight is 267 g/mol. The molecule has 2 aliphatic heterocycles. The summed E-state index contributed by atoms with van der Waals surface area (Å²) in [5.74, 6) is -0.0931. The maximum absolute atomic E-state index is 12.0. The summed E-state index contributed by atoms with van der Waals surface area (Å²) < 4.78 is 5.83. The van der Waals surface area contributed by atoms with Crippen LogP contribution in [0.2, 0.25) is 0 Å². The first-order valence-corrected chi connectivity index (χ1v) is 7.21. The van der Waals surface area contributed by atoms with E-state index in [9.17, 15) is 4.79 Å². The Morgan fingerprint density at radius 2 is 2.56 bits per heavy atom. The Morgan fingerprint density at radius 1 is 1.67 bits per heavy atom. The highest BCUT2D eigenvalue weighted by Crippen LogP contribution is 2.27. The summed E-state index contributed by atoms with van der Waals surface area (Å²) >= 11 is 1.44. The van der Waals surface area contributed by atoms with Gasteiger partial charge in [0.1, 0.15) is 5.69 Å². The molecule has 3 heterocycles. The maximum atomic E-state index is 12.0. The first-order chi connectivity index (χ1) is 8.75. The molecule has 2 saturated heterocycles. The number of nitrogens with zero attached hydrogens (tertiary/aromatic N) is 2. The summed E-state index contributed by atoms with van der Waals surface area (Å²) in [6.07, 6.45) is 2.40. The van der Waals surface area contributed by atoms with Crippen LogP contribution in [-0.2, 0) is 4.74 Å². The number of carbonyl (C=O) groups excluding carboxylic acids is 1. The SMILES string of the molecule is CN1C[C@@H](NC(=O)c2cscn2)[C@H]2OCCC[C@H]21. The van der Waals surface area contributed by atoms with E-state index < -0.39 is 0 Å². The van der Waals surface area contributed by atoms with E-state index in [1.807, 2.05) is 0 Å². The number of rotatable bonds is 2. The summed E-state index contributed by atoms with van der Waals surface area (Å²) in [7, 11) is 2.10. The summed E-state index contributed by atoms with van der Waals surface area (Å²) in [5, 5.41) is 4.82. The minimum atomic E-state index is -0.0931. The summed E-state index contributed by atoms with van der Waals surface area (Å²) in [5.41, 5.74) is 2.18. The molecule has 3 atom stereocenters. The fraction of sp³-hybridized carbons (Fsp3) is 0.667. The van der Waals surface area contributed by atoms with E-state index >= 15 is 0 Å². The van der Waals surface area contributed by atoms with Gasteiger partial charge in [-0.25, -0.2) is 4.98 Å². The lowest BCUT2D eigenvalue weighted by Gasteiger charge is -2.31. The summed E-state index contributed by atoms with van der Waals surface area (Å²) in [4.78, 5) is 18.3. The van der Waals surface area contributed by atoms with Gasteiger partial charge in [-0.15, -0.1) is 11.3 Å². The molecule has 0 radical (unpaired) electrons. The highest BCUT2D eigenvalue weighted by Gasteiger charge is 2.42. The second-order valence-corrected chi connectivity index (χ2v) is 5.66. The number of fused-ring (bicyclic) bond motifs is 1. The van der Waals surface area contributed by atoms with Crippen molar-refractivity contribution < 1.29 is 9.53 Å². The molecule has 98 valence electrons. The van der Waals surface area contributed by atoms with Crippen LogP contribution in [0.1, 0.15) is 23.3 Å². The molecule has 1 amide bonds. The normalized spacial score (nSPS) is 32.2. The van der Waals surface area contributed by atoms with E-state index in [2.05, 4.69) is 22.2 Å². The monoisotopic (exact) mass is 267 g/mol. The van der Waals surface area contributed by atoms with E-state index in [0.717, 1.165) is 26.0 Å². The molecule has 1 aromatic heterocycles. The average Bonchev–Trinajstić information content (AvgIpc) is 3.00. The van der Waals surface area contributed by atoms with E-state index in [1.54, 1.807) is 10.9 Å². The Kier molecular flexibility index (Phi) is 3.32. The number of thiazole rings is 1. The van der Waals surface area contributed by atoms with Crippen molar-refractivity contribution in [3.05, 3.63) is 16.6 Å². The number of ether oxygens (including phenoxy) is 1. The van der Waals surface area contributed by atoms with Crippen molar-refractivity contribution in [3.8, 4) is 0 Å². The van der Waals surface area contributed by atoms with Gasteiger partial charge in [0.15, 0.2) is 0 Å². The number of aromatic nitrogens is 1. The van der Waals surface area contributed by atoms with Crippen molar-refractivity contribution in [2.45, 2.75) is 31.0 Å². The molecule has 2 fully saturated rings. The zero-order chi connectivity index (χ0) is 12.5. The second-order valence-electron chi connectivity index (χ2n) is 4.94. The standard InChI is InChI=1S/C12H17N3O2S/c1-15-5-8(11-10(15)3-2-4-17-11)14-12(16)9-6-18-7-13-9/h6-8,10-11H,2-5H2,1H3,(H,14,16)/t8-,10-,11-/m1/s1. The lowest BCUT2D eigenvalue weighted by Crippen LogP contribution is -2.47. The lowest BCUT2D eigenvalue weighted by molar-refractivity contribution is -0.0165.